The topological polar surface area (TPSA) is 163 Å². The lowest BCUT2D eigenvalue weighted by atomic mass is 9.73. The Morgan fingerprint density at radius 2 is 1.73 bits per heavy atom. The van der Waals surface area contributed by atoms with Crippen molar-refractivity contribution in [3.8, 4) is 0 Å². The second-order valence-corrected chi connectivity index (χ2v) is 16.3. The third-order valence-corrected chi connectivity index (χ3v) is 11.9. The molecule has 55 heavy (non-hydrogen) atoms. The van der Waals surface area contributed by atoms with E-state index in [1.165, 1.54) is 6.92 Å². The Bertz CT molecular complexity index is 1750. The van der Waals surface area contributed by atoms with Crippen LogP contribution in [0.25, 0.3) is 17.0 Å². The van der Waals surface area contributed by atoms with Crippen LogP contribution in [0.1, 0.15) is 80.2 Å². The number of cyclic esters (lactones) is 1. The van der Waals surface area contributed by atoms with Crippen molar-refractivity contribution in [2.45, 2.75) is 129 Å². The molecule has 13 atom stereocenters. The number of ether oxygens (including phenoxy) is 5. The van der Waals surface area contributed by atoms with Gasteiger partial charge in [0.15, 0.2) is 17.7 Å². The first kappa shape index (κ1) is 42.4. The highest BCUT2D eigenvalue weighted by Gasteiger charge is 2.57. The van der Waals surface area contributed by atoms with E-state index in [2.05, 4.69) is 10.3 Å². The lowest BCUT2D eigenvalue weighted by molar-refractivity contribution is -0.296. The van der Waals surface area contributed by atoms with E-state index in [1.54, 1.807) is 47.7 Å². The average Bonchev–Trinajstić information content (AvgIpc) is 3.47. The summed E-state index contributed by atoms with van der Waals surface area (Å²) in [6.45, 7) is 13.9. The number of hydrogen-bond acceptors (Lipinski definition) is 12. The maximum Gasteiger partial charge on any atom is 0.408 e. The molecule has 1 amide bonds. The van der Waals surface area contributed by atoms with Crippen molar-refractivity contribution in [1.82, 2.24) is 15.2 Å². The number of para-hydroxylation sites is 1. The molecule has 0 bridgehead atoms. The maximum absolute atomic E-state index is 14.4. The summed E-state index contributed by atoms with van der Waals surface area (Å²) < 4.78 is 31.4. The van der Waals surface area contributed by atoms with Crippen LogP contribution in [0.2, 0.25) is 0 Å². The number of aliphatic hydroxyl groups excluding tert-OH is 1. The van der Waals surface area contributed by atoms with Crippen LogP contribution >= 0.6 is 0 Å². The molecule has 4 heterocycles. The van der Waals surface area contributed by atoms with Crippen molar-refractivity contribution >= 4 is 40.6 Å². The predicted molar refractivity (Wildman–Crippen MR) is 206 cm³/mol. The second-order valence-electron chi connectivity index (χ2n) is 16.3. The Morgan fingerprint density at radius 3 is 2.42 bits per heavy atom. The molecule has 13 nitrogen and oxygen atoms in total. The fourth-order valence-corrected chi connectivity index (χ4v) is 8.80. The van der Waals surface area contributed by atoms with E-state index in [0.29, 0.717) is 6.42 Å². The molecule has 302 valence electrons. The molecule has 0 spiro atoms. The summed E-state index contributed by atoms with van der Waals surface area (Å²) in [5.74, 6) is -5.13. The number of ketones is 2. The van der Waals surface area contributed by atoms with Gasteiger partial charge in [-0.2, -0.15) is 0 Å². The standard InChI is InChI=1S/C42H59N3O10/c1-11-31-42(8)36(44-40(50)55-42)25(4)33(46)23(2)22-41(7,51-20-14-18-29-16-12-15-28-17-13-19-43-32(28)29)37(26(5)34(47)27(6)38(49)53-31)54-39-35(48)30(45(9)10)21-24(3)52-39/h12-19,23-27,30-31,35-37,39,48H,11,20-22H2,1-10H3,(H,44,50)/b18-14+/t23-,24-,25+,26+,27-,30+,31-,35-,36-,37-,39+,41+,42-/m1/s1. The van der Waals surface area contributed by atoms with E-state index < -0.39 is 83.4 Å². The molecule has 3 aliphatic rings. The Balaban J connectivity index is 1.57. The van der Waals surface area contributed by atoms with Crippen molar-refractivity contribution in [3.05, 3.63) is 48.2 Å². The minimum atomic E-state index is -1.38. The Hall–Kier alpha value is -3.75. The van der Waals surface area contributed by atoms with E-state index in [9.17, 15) is 24.3 Å². The number of nitrogens with one attached hydrogen (secondary N) is 1. The number of fused-ring (bicyclic) bond motifs is 2. The van der Waals surface area contributed by atoms with Crippen LogP contribution in [0.5, 0.6) is 0 Å². The summed E-state index contributed by atoms with van der Waals surface area (Å²) in [7, 11) is 3.74. The Morgan fingerprint density at radius 1 is 1.02 bits per heavy atom. The summed E-state index contributed by atoms with van der Waals surface area (Å²) in [4.78, 5) is 61.9. The van der Waals surface area contributed by atoms with Crippen molar-refractivity contribution < 1.29 is 48.0 Å². The highest BCUT2D eigenvalue weighted by atomic mass is 16.7. The van der Waals surface area contributed by atoms with Crippen LogP contribution in [0, 0.1) is 23.7 Å². The lowest BCUT2D eigenvalue weighted by Crippen LogP contribution is -2.60. The highest BCUT2D eigenvalue weighted by molar-refractivity contribution is 6.00. The first-order valence-electron chi connectivity index (χ1n) is 19.5. The van der Waals surface area contributed by atoms with Crippen molar-refractivity contribution in [2.75, 3.05) is 20.7 Å². The van der Waals surface area contributed by atoms with Crippen LogP contribution in [-0.4, -0.2) is 113 Å². The number of aromatic nitrogens is 1. The predicted octanol–water partition coefficient (Wildman–Crippen LogP) is 5.11. The quantitative estimate of drug-likeness (QED) is 0.270. The fourth-order valence-electron chi connectivity index (χ4n) is 8.80. The van der Waals surface area contributed by atoms with E-state index in [1.807, 2.05) is 68.4 Å². The largest absolute Gasteiger partial charge is 0.458 e. The number of aliphatic hydroxyl groups is 1. The molecule has 0 radical (unpaired) electrons. The van der Waals surface area contributed by atoms with Gasteiger partial charge in [-0.1, -0.05) is 64.1 Å². The summed E-state index contributed by atoms with van der Waals surface area (Å²) in [5.41, 5.74) is -1.03. The average molecular weight is 766 g/mol. The number of Topliss-reactive ketones (excluding diaryl/α,β-unsaturated/α-hetero) is 2. The number of carbonyl (C=O) groups excluding carboxylic acids is 4. The van der Waals surface area contributed by atoms with E-state index in [-0.39, 0.29) is 37.4 Å². The molecular formula is C42H59N3O10. The number of hydrogen-bond donors (Lipinski definition) is 2. The fraction of sp³-hybridized carbons (Fsp3) is 0.643. The molecule has 1 aromatic carbocycles. The Labute approximate surface area is 324 Å². The van der Waals surface area contributed by atoms with E-state index >= 15 is 0 Å². The molecule has 0 unspecified atom stereocenters. The summed E-state index contributed by atoms with van der Waals surface area (Å²) in [6.07, 6.45) is 1.11. The second kappa shape index (κ2) is 17.2. The number of amides is 1. The van der Waals surface area contributed by atoms with Gasteiger partial charge in [0.25, 0.3) is 0 Å². The molecule has 3 saturated heterocycles. The first-order valence-corrected chi connectivity index (χ1v) is 19.5. The monoisotopic (exact) mass is 765 g/mol. The first-order chi connectivity index (χ1) is 25.9. The summed E-state index contributed by atoms with van der Waals surface area (Å²) in [5, 5.41) is 15.4. The van der Waals surface area contributed by atoms with Crippen LogP contribution in [0.3, 0.4) is 0 Å². The van der Waals surface area contributed by atoms with Gasteiger partial charge in [0.2, 0.25) is 0 Å². The number of pyridine rings is 1. The number of benzene rings is 1. The third kappa shape index (κ3) is 8.81. The molecule has 5 rings (SSSR count). The molecule has 1 aromatic heterocycles. The van der Waals surface area contributed by atoms with Gasteiger partial charge >= 0.3 is 12.1 Å². The minimum absolute atomic E-state index is 0.0577. The normalized spacial score (nSPS) is 38.1. The van der Waals surface area contributed by atoms with Gasteiger partial charge in [-0.25, -0.2) is 4.79 Å². The lowest BCUT2D eigenvalue weighted by Gasteiger charge is -2.47. The number of rotatable bonds is 8. The van der Waals surface area contributed by atoms with E-state index in [0.717, 1.165) is 16.5 Å². The van der Waals surface area contributed by atoms with Crippen LogP contribution < -0.4 is 5.32 Å². The number of carbonyl (C=O) groups is 4. The number of likely N-dealkylation sites (N-methyl/N-ethyl adjacent to an activating group) is 1. The number of esters is 1. The smallest absolute Gasteiger partial charge is 0.408 e. The SMILES string of the molecule is CC[C@H]1OC(=O)[C@H](C)C(=O)[C@H](C)[C@@H](O[C@@H]2O[C@H](C)C[C@H](N(C)C)[C@H]2O)[C@@](C)(OC/C=C/c2cccc3cccnc23)C[C@@H](C)C(=O)[C@H](C)[C@H]2NC(=O)O[C@@]21C. The molecule has 0 saturated carbocycles. The summed E-state index contributed by atoms with van der Waals surface area (Å²) in [6, 6.07) is 8.63. The van der Waals surface area contributed by atoms with Crippen molar-refractivity contribution in [3.63, 3.8) is 0 Å². The van der Waals surface area contributed by atoms with Gasteiger partial charge < -0.3 is 39.0 Å². The molecule has 2 aromatic rings. The molecular weight excluding hydrogens is 706 g/mol. The number of nitrogens with zero attached hydrogens (tertiary/aromatic N) is 2. The molecule has 3 aliphatic heterocycles. The van der Waals surface area contributed by atoms with Gasteiger partial charge in [-0.3, -0.25) is 19.4 Å². The zero-order valence-electron chi connectivity index (χ0n) is 33.8. The number of alkyl carbamates (subject to hydrolysis) is 1. The van der Waals surface area contributed by atoms with Crippen LogP contribution in [-0.2, 0) is 38.1 Å². The van der Waals surface area contributed by atoms with Crippen molar-refractivity contribution in [1.29, 1.82) is 0 Å². The zero-order valence-corrected chi connectivity index (χ0v) is 33.8. The molecule has 13 heteroatoms. The van der Waals surface area contributed by atoms with E-state index in [4.69, 9.17) is 23.7 Å². The molecule has 2 N–H and O–H groups in total. The highest BCUT2D eigenvalue weighted by Crippen LogP contribution is 2.40. The van der Waals surface area contributed by atoms with Gasteiger partial charge in [-0.05, 0) is 67.1 Å². The van der Waals surface area contributed by atoms with Gasteiger partial charge in [0.1, 0.15) is 23.9 Å². The molecule has 0 aliphatic carbocycles. The maximum atomic E-state index is 14.4. The third-order valence-electron chi connectivity index (χ3n) is 11.9. The van der Waals surface area contributed by atoms with Gasteiger partial charge in [-0.15, -0.1) is 0 Å². The Kier molecular flexibility index (Phi) is 13.2. The summed E-state index contributed by atoms with van der Waals surface area (Å²) >= 11 is 0. The van der Waals surface area contributed by atoms with Gasteiger partial charge in [0, 0.05) is 40.9 Å². The molecule has 3 fully saturated rings. The van der Waals surface area contributed by atoms with Crippen LogP contribution in [0.15, 0.2) is 42.6 Å². The van der Waals surface area contributed by atoms with Crippen molar-refractivity contribution in [2.24, 2.45) is 23.7 Å². The van der Waals surface area contributed by atoms with Gasteiger partial charge in [0.05, 0.1) is 36.0 Å². The minimum Gasteiger partial charge on any atom is -0.458 e. The van der Waals surface area contributed by atoms with Crippen LogP contribution in [0.4, 0.5) is 4.79 Å². The zero-order chi connectivity index (χ0) is 40.4.